The summed E-state index contributed by atoms with van der Waals surface area (Å²) in [4.78, 5) is 12.4. The maximum absolute atomic E-state index is 12.4. The van der Waals surface area contributed by atoms with Crippen LogP contribution in [0.3, 0.4) is 0 Å². The lowest BCUT2D eigenvalue weighted by molar-refractivity contribution is 0.0910. The Morgan fingerprint density at radius 1 is 1.33 bits per heavy atom. The molecule has 3 N–H and O–H groups in total. The van der Waals surface area contributed by atoms with E-state index in [0.717, 1.165) is 31.6 Å². The number of carbonyl (C=O) groups excluding carboxylic acids is 1. The first-order valence-corrected chi connectivity index (χ1v) is 9.26. The fraction of sp³-hybridized carbons (Fsp3) is 0.471. The van der Waals surface area contributed by atoms with Crippen LogP contribution in [-0.2, 0) is 0 Å². The molecule has 1 saturated heterocycles. The third-order valence-corrected chi connectivity index (χ3v) is 4.96. The molecule has 1 aromatic heterocycles. The Kier molecular flexibility index (Phi) is 7.88. The molecule has 7 nitrogen and oxygen atoms in total. The van der Waals surface area contributed by atoms with Crippen molar-refractivity contribution in [2.45, 2.75) is 31.9 Å². The summed E-state index contributed by atoms with van der Waals surface area (Å²) in [6.07, 6.45) is 0.994. The molecule has 0 saturated carbocycles. The molecule has 0 bridgehead atoms. The van der Waals surface area contributed by atoms with Crippen molar-refractivity contribution in [1.82, 2.24) is 25.6 Å². The Morgan fingerprint density at radius 2 is 1.96 bits per heavy atom. The SMILES string of the molecule is Cc1c(C(=O)NCC(O)c2cc(Cl)cc(Cl)c2)nnn1C1CCNCC1.Cl. The van der Waals surface area contributed by atoms with Gasteiger partial charge in [-0.2, -0.15) is 0 Å². The Bertz CT molecular complexity index is 773. The third-order valence-electron chi connectivity index (χ3n) is 4.52. The quantitative estimate of drug-likeness (QED) is 0.673. The molecule has 1 unspecified atom stereocenters. The number of aromatic nitrogens is 3. The second-order valence-electron chi connectivity index (χ2n) is 6.38. The first-order valence-electron chi connectivity index (χ1n) is 8.50. The van der Waals surface area contributed by atoms with Gasteiger partial charge in [-0.3, -0.25) is 4.79 Å². The highest BCUT2D eigenvalue weighted by atomic mass is 35.5. The van der Waals surface area contributed by atoms with E-state index < -0.39 is 6.10 Å². The first-order chi connectivity index (χ1) is 12.5. The number of piperidine rings is 1. The zero-order chi connectivity index (χ0) is 18.7. The topological polar surface area (TPSA) is 92.1 Å². The average molecular weight is 435 g/mol. The fourth-order valence-electron chi connectivity index (χ4n) is 3.11. The van der Waals surface area contributed by atoms with Crippen LogP contribution in [0.15, 0.2) is 18.2 Å². The van der Waals surface area contributed by atoms with Gasteiger partial charge in [0.2, 0.25) is 0 Å². The van der Waals surface area contributed by atoms with Crippen molar-refractivity contribution < 1.29 is 9.90 Å². The van der Waals surface area contributed by atoms with Crippen LogP contribution in [-0.4, -0.2) is 45.6 Å². The molecule has 0 radical (unpaired) electrons. The first kappa shape index (κ1) is 21.9. The van der Waals surface area contributed by atoms with Gasteiger partial charge in [0.05, 0.1) is 17.8 Å². The van der Waals surface area contributed by atoms with Crippen molar-refractivity contribution in [3.8, 4) is 0 Å². The zero-order valence-electron chi connectivity index (χ0n) is 14.8. The highest BCUT2D eigenvalue weighted by Crippen LogP contribution is 2.23. The summed E-state index contributed by atoms with van der Waals surface area (Å²) in [6, 6.07) is 5.07. The second-order valence-corrected chi connectivity index (χ2v) is 7.25. The molecule has 1 aliphatic rings. The van der Waals surface area contributed by atoms with Crippen LogP contribution in [0.1, 0.15) is 46.7 Å². The van der Waals surface area contributed by atoms with Gasteiger partial charge in [0, 0.05) is 16.6 Å². The van der Waals surface area contributed by atoms with E-state index in [-0.39, 0.29) is 36.6 Å². The molecule has 0 spiro atoms. The normalized spacial score (nSPS) is 15.9. The smallest absolute Gasteiger partial charge is 0.273 e. The predicted molar refractivity (Wildman–Crippen MR) is 107 cm³/mol. The molecule has 1 aliphatic heterocycles. The minimum Gasteiger partial charge on any atom is -0.387 e. The highest BCUT2D eigenvalue weighted by Gasteiger charge is 2.23. The molecule has 1 amide bonds. The number of benzene rings is 1. The molecule has 2 aromatic rings. The van der Waals surface area contributed by atoms with Gasteiger partial charge in [0.1, 0.15) is 0 Å². The van der Waals surface area contributed by atoms with Crippen molar-refractivity contribution in [2.24, 2.45) is 0 Å². The number of hydrogen-bond donors (Lipinski definition) is 3. The van der Waals surface area contributed by atoms with Gasteiger partial charge in [0.25, 0.3) is 5.91 Å². The van der Waals surface area contributed by atoms with Gasteiger partial charge in [-0.15, -0.1) is 17.5 Å². The maximum atomic E-state index is 12.4. The van der Waals surface area contributed by atoms with Crippen molar-refractivity contribution >= 4 is 41.5 Å². The number of nitrogens with zero attached hydrogens (tertiary/aromatic N) is 3. The van der Waals surface area contributed by atoms with E-state index in [4.69, 9.17) is 23.2 Å². The Balaban J connectivity index is 0.00000261. The van der Waals surface area contributed by atoms with E-state index in [2.05, 4.69) is 20.9 Å². The summed E-state index contributed by atoms with van der Waals surface area (Å²) in [6.45, 7) is 3.72. The standard InChI is InChI=1S/C17H21Cl2N5O2.ClH/c1-10-16(22-23-24(10)14-2-4-20-5-3-14)17(26)21-9-15(25)11-6-12(18)8-13(19)7-11;/h6-8,14-15,20,25H,2-5,9H2,1H3,(H,21,26);1H. The van der Waals surface area contributed by atoms with Gasteiger partial charge in [0.15, 0.2) is 5.69 Å². The van der Waals surface area contributed by atoms with Gasteiger partial charge in [-0.05, 0) is 56.6 Å². The average Bonchev–Trinajstić information content (AvgIpc) is 3.01. The number of carbonyl (C=O) groups is 1. The van der Waals surface area contributed by atoms with Gasteiger partial charge in [-0.25, -0.2) is 4.68 Å². The number of nitrogens with one attached hydrogen (secondary N) is 2. The number of hydrogen-bond acceptors (Lipinski definition) is 5. The molecule has 27 heavy (non-hydrogen) atoms. The number of aliphatic hydroxyl groups is 1. The van der Waals surface area contributed by atoms with Crippen molar-refractivity contribution in [2.75, 3.05) is 19.6 Å². The molecule has 148 valence electrons. The Labute approximate surface area is 173 Å². The van der Waals surface area contributed by atoms with Crippen LogP contribution in [0.4, 0.5) is 0 Å². The van der Waals surface area contributed by atoms with E-state index in [0.29, 0.717) is 15.6 Å². The summed E-state index contributed by atoms with van der Waals surface area (Å²) in [5.74, 6) is -0.366. The van der Waals surface area contributed by atoms with Crippen molar-refractivity contribution in [3.05, 3.63) is 45.2 Å². The molecule has 0 aliphatic carbocycles. The van der Waals surface area contributed by atoms with E-state index >= 15 is 0 Å². The zero-order valence-corrected chi connectivity index (χ0v) is 17.1. The van der Waals surface area contributed by atoms with E-state index in [1.807, 2.05) is 11.6 Å². The molecule has 1 atom stereocenters. The third kappa shape index (κ3) is 5.33. The molecule has 2 heterocycles. The second kappa shape index (κ2) is 9.71. The fourth-order valence-corrected chi connectivity index (χ4v) is 3.65. The molecule has 3 rings (SSSR count). The van der Waals surface area contributed by atoms with Crippen LogP contribution in [0.2, 0.25) is 10.0 Å². The Hall–Kier alpha value is -1.38. The minimum atomic E-state index is -0.921. The summed E-state index contributed by atoms with van der Waals surface area (Å²) in [5.41, 5.74) is 1.55. The van der Waals surface area contributed by atoms with Crippen LogP contribution < -0.4 is 10.6 Å². The molecular weight excluding hydrogens is 413 g/mol. The van der Waals surface area contributed by atoms with Gasteiger partial charge in [-0.1, -0.05) is 28.4 Å². The summed E-state index contributed by atoms with van der Waals surface area (Å²) >= 11 is 11.9. The lowest BCUT2D eigenvalue weighted by Gasteiger charge is -2.23. The van der Waals surface area contributed by atoms with Gasteiger partial charge < -0.3 is 15.7 Å². The predicted octanol–water partition coefficient (Wildman–Crippen LogP) is 2.70. The van der Waals surface area contributed by atoms with Crippen LogP contribution in [0.5, 0.6) is 0 Å². The van der Waals surface area contributed by atoms with Crippen LogP contribution >= 0.6 is 35.6 Å². The number of rotatable bonds is 5. The monoisotopic (exact) mass is 433 g/mol. The van der Waals surface area contributed by atoms with Crippen LogP contribution in [0, 0.1) is 6.92 Å². The number of halogens is 3. The highest BCUT2D eigenvalue weighted by molar-refractivity contribution is 6.34. The molecule has 1 aromatic carbocycles. The lowest BCUT2D eigenvalue weighted by Crippen LogP contribution is -2.31. The van der Waals surface area contributed by atoms with E-state index in [9.17, 15) is 9.90 Å². The van der Waals surface area contributed by atoms with E-state index in [1.165, 1.54) is 0 Å². The summed E-state index contributed by atoms with van der Waals surface area (Å²) in [7, 11) is 0. The molecule has 10 heteroatoms. The minimum absolute atomic E-state index is 0. The van der Waals surface area contributed by atoms with E-state index in [1.54, 1.807) is 18.2 Å². The van der Waals surface area contributed by atoms with Crippen LogP contribution in [0.25, 0.3) is 0 Å². The lowest BCUT2D eigenvalue weighted by atomic mass is 10.1. The summed E-state index contributed by atoms with van der Waals surface area (Å²) in [5, 5.41) is 25.3. The largest absolute Gasteiger partial charge is 0.387 e. The van der Waals surface area contributed by atoms with Gasteiger partial charge >= 0.3 is 0 Å². The number of amides is 1. The van der Waals surface area contributed by atoms with Crippen molar-refractivity contribution in [1.29, 1.82) is 0 Å². The van der Waals surface area contributed by atoms with Crippen molar-refractivity contribution in [3.63, 3.8) is 0 Å². The Morgan fingerprint density at radius 3 is 2.59 bits per heavy atom. The summed E-state index contributed by atoms with van der Waals surface area (Å²) < 4.78 is 1.82. The maximum Gasteiger partial charge on any atom is 0.273 e. The number of aliphatic hydroxyl groups excluding tert-OH is 1. The molecular formula is C17H22Cl3N5O2. The molecule has 1 fully saturated rings.